The molecule has 0 aromatic heterocycles. The van der Waals surface area contributed by atoms with E-state index in [-0.39, 0.29) is 18.1 Å². The summed E-state index contributed by atoms with van der Waals surface area (Å²) in [4.78, 5) is 21.8. The van der Waals surface area contributed by atoms with Crippen molar-refractivity contribution in [1.82, 2.24) is 0 Å². The van der Waals surface area contributed by atoms with Gasteiger partial charge in [0.25, 0.3) is 0 Å². The van der Waals surface area contributed by atoms with Crippen LogP contribution < -0.4 is 8.39 Å². The first kappa shape index (κ1) is 14.4. The summed E-state index contributed by atoms with van der Waals surface area (Å²) in [6.07, 6.45) is 0. The van der Waals surface area contributed by atoms with E-state index >= 15 is 0 Å². The van der Waals surface area contributed by atoms with Gasteiger partial charge in [-0.05, 0) is 0 Å². The summed E-state index contributed by atoms with van der Waals surface area (Å²) in [6.45, 7) is 1.37. The third-order valence-corrected chi connectivity index (χ3v) is 7.26. The van der Waals surface area contributed by atoms with Crippen LogP contribution in [0.1, 0.15) is 17.3 Å². The van der Waals surface area contributed by atoms with E-state index in [1.54, 1.807) is 12.1 Å². The summed E-state index contributed by atoms with van der Waals surface area (Å²) in [5, 5.41) is 20.2. The van der Waals surface area contributed by atoms with Gasteiger partial charge in [0.1, 0.15) is 0 Å². The first-order valence-electron chi connectivity index (χ1n) is 5.15. The second-order valence-corrected chi connectivity index (χ2v) is 8.90. The van der Waals surface area contributed by atoms with Crippen LogP contribution in [-0.2, 0) is 32.5 Å². The molecule has 1 aromatic rings. The summed E-state index contributed by atoms with van der Waals surface area (Å²) >= 11 is -2.02. The zero-order valence-electron chi connectivity index (χ0n) is 9.77. The van der Waals surface area contributed by atoms with Crippen molar-refractivity contribution < 1.29 is 42.4 Å². The Bertz CT molecular complexity index is 510. The standard InChI is InChI=1S/C9H7N2O2.C2H4O2.Hg/c10-5-6-11-8-4-2-1-3-7(8)9(12)13;1-2(3)4;/h2-4,11H,6H2,(H,12,13);1H3,(H,3,4);/q;;+1/p-1. The number of rotatable bonds is 5. The molecule has 7 heteroatoms. The van der Waals surface area contributed by atoms with Gasteiger partial charge in [0.15, 0.2) is 0 Å². The topological polar surface area (TPSA) is 99.4 Å². The van der Waals surface area contributed by atoms with E-state index in [1.165, 1.54) is 13.0 Å². The summed E-state index contributed by atoms with van der Waals surface area (Å²) in [6, 6.07) is 6.71. The fraction of sp³-hybridized carbons (Fsp3) is 0.182. The maximum absolute atomic E-state index is 11.1. The van der Waals surface area contributed by atoms with Crippen LogP contribution in [0.15, 0.2) is 18.2 Å². The van der Waals surface area contributed by atoms with Crippen LogP contribution in [0, 0.1) is 11.3 Å². The Labute approximate surface area is 117 Å². The monoisotopic (exact) mass is 436 g/mol. The molecule has 2 N–H and O–H groups in total. The number of carboxylic acid groups (broad SMARTS) is 1. The van der Waals surface area contributed by atoms with Crippen molar-refractivity contribution in [1.29, 1.82) is 5.26 Å². The Hall–Kier alpha value is -1.61. The number of carbonyl (C=O) groups excluding carboxylic acids is 1. The minimum atomic E-state index is -2.02. The number of nitrogens with one attached hydrogen (secondary N) is 1. The first-order valence-corrected chi connectivity index (χ1v) is 10.1. The van der Waals surface area contributed by atoms with E-state index in [0.29, 0.717) is 5.69 Å². The number of hydrogen-bond acceptors (Lipinski definition) is 5. The molecule has 0 aliphatic rings. The van der Waals surface area contributed by atoms with Crippen LogP contribution in [0.4, 0.5) is 5.69 Å². The SMILES string of the molecule is CC(=O)[O][Hg][c]1ccc(NCC#N)c(C(=O)O)c1. The van der Waals surface area contributed by atoms with E-state index in [1.807, 2.05) is 6.07 Å². The van der Waals surface area contributed by atoms with Crippen molar-refractivity contribution >= 4 is 20.7 Å². The molecule has 6 nitrogen and oxygen atoms in total. The van der Waals surface area contributed by atoms with E-state index in [2.05, 4.69) is 5.32 Å². The fourth-order valence-electron chi connectivity index (χ4n) is 1.33. The molecular weight excluding hydrogens is 425 g/mol. The molecule has 0 unspecified atom stereocenters. The zero-order valence-corrected chi connectivity index (χ0v) is 15.3. The van der Waals surface area contributed by atoms with Gasteiger partial charge in [-0.15, -0.1) is 0 Å². The molecule has 0 aliphatic heterocycles. The molecular formula is C11H10HgN2O4. The predicted molar refractivity (Wildman–Crippen MR) is 58.9 cm³/mol. The molecule has 0 bridgehead atoms. The molecule has 90 valence electrons. The fourth-order valence-corrected chi connectivity index (χ4v) is 4.72. The molecule has 0 heterocycles. The molecule has 1 aromatic carbocycles. The quantitative estimate of drug-likeness (QED) is 0.517. The number of carbonyl (C=O) groups is 2. The van der Waals surface area contributed by atoms with Gasteiger partial charge in [-0.2, -0.15) is 0 Å². The molecule has 18 heavy (non-hydrogen) atoms. The molecule has 0 fully saturated rings. The number of aromatic carboxylic acids is 1. The van der Waals surface area contributed by atoms with E-state index in [4.69, 9.17) is 13.0 Å². The van der Waals surface area contributed by atoms with Gasteiger partial charge < -0.3 is 0 Å². The third-order valence-electron chi connectivity index (χ3n) is 2.11. The van der Waals surface area contributed by atoms with Crippen LogP contribution in [0.3, 0.4) is 0 Å². The van der Waals surface area contributed by atoms with Gasteiger partial charge in [-0.3, -0.25) is 0 Å². The van der Waals surface area contributed by atoms with Crippen molar-refractivity contribution in [3.63, 3.8) is 0 Å². The van der Waals surface area contributed by atoms with Gasteiger partial charge >= 0.3 is 117 Å². The number of carboxylic acids is 1. The number of nitrogens with zero attached hydrogens (tertiary/aromatic N) is 1. The average molecular weight is 435 g/mol. The Morgan fingerprint density at radius 1 is 1.56 bits per heavy atom. The zero-order chi connectivity index (χ0) is 13.5. The van der Waals surface area contributed by atoms with Crippen molar-refractivity contribution in [3.05, 3.63) is 23.8 Å². The molecule has 1 rings (SSSR count). The van der Waals surface area contributed by atoms with Crippen molar-refractivity contribution in [2.45, 2.75) is 6.92 Å². The predicted octanol–water partition coefficient (Wildman–Crippen LogP) is 0.506. The number of nitriles is 1. The summed E-state index contributed by atoms with van der Waals surface area (Å²) in [5.74, 6) is -1.41. The van der Waals surface area contributed by atoms with E-state index in [0.717, 1.165) is 3.07 Å². The minimum absolute atomic E-state index is 0.0356. The second kappa shape index (κ2) is 6.96. The van der Waals surface area contributed by atoms with E-state index in [9.17, 15) is 9.59 Å². The molecule has 0 amide bonds. The van der Waals surface area contributed by atoms with Gasteiger partial charge in [-0.25, -0.2) is 0 Å². The van der Waals surface area contributed by atoms with E-state index < -0.39 is 31.0 Å². The number of anilines is 1. The molecule has 0 spiro atoms. The summed E-state index contributed by atoms with van der Waals surface area (Å²) in [7, 11) is 0. The molecule has 0 radical (unpaired) electrons. The average Bonchev–Trinajstić information content (AvgIpc) is 2.34. The number of hydrogen-bond donors (Lipinski definition) is 2. The Morgan fingerprint density at radius 2 is 2.28 bits per heavy atom. The third kappa shape index (κ3) is 4.33. The summed E-state index contributed by atoms with van der Waals surface area (Å²) in [5.41, 5.74) is 0.485. The Balaban J connectivity index is 2.92. The molecule has 0 atom stereocenters. The van der Waals surface area contributed by atoms with Crippen LogP contribution in [-0.4, -0.2) is 23.6 Å². The number of benzene rings is 1. The summed E-state index contributed by atoms with van der Waals surface area (Å²) < 4.78 is 5.80. The Morgan fingerprint density at radius 3 is 2.83 bits per heavy atom. The second-order valence-electron chi connectivity index (χ2n) is 3.48. The van der Waals surface area contributed by atoms with Crippen molar-refractivity contribution in [2.24, 2.45) is 0 Å². The maximum atomic E-state index is 11.1. The molecule has 0 saturated heterocycles. The van der Waals surface area contributed by atoms with Gasteiger partial charge in [0.2, 0.25) is 0 Å². The van der Waals surface area contributed by atoms with Crippen LogP contribution in [0.5, 0.6) is 0 Å². The van der Waals surface area contributed by atoms with Crippen LogP contribution in [0.25, 0.3) is 0 Å². The van der Waals surface area contributed by atoms with Crippen molar-refractivity contribution in [2.75, 3.05) is 11.9 Å². The normalized spacial score (nSPS) is 8.89. The molecule has 0 saturated carbocycles. The molecule has 0 aliphatic carbocycles. The first-order chi connectivity index (χ1) is 8.54. The van der Waals surface area contributed by atoms with Gasteiger partial charge in [0.05, 0.1) is 0 Å². The van der Waals surface area contributed by atoms with Crippen LogP contribution >= 0.6 is 0 Å². The van der Waals surface area contributed by atoms with Crippen LogP contribution in [0.2, 0.25) is 0 Å². The Kier molecular flexibility index (Phi) is 5.59. The van der Waals surface area contributed by atoms with Crippen molar-refractivity contribution in [3.8, 4) is 6.07 Å². The van der Waals surface area contributed by atoms with Gasteiger partial charge in [-0.1, -0.05) is 0 Å². The van der Waals surface area contributed by atoms with Gasteiger partial charge in [0, 0.05) is 0 Å².